The van der Waals surface area contributed by atoms with E-state index in [9.17, 15) is 4.39 Å². The number of anilines is 1. The van der Waals surface area contributed by atoms with Crippen molar-refractivity contribution in [3.05, 3.63) is 29.6 Å². The largest absolute Gasteiger partial charge is 0.369 e. The highest BCUT2D eigenvalue weighted by atomic mass is 19.1. The maximum absolute atomic E-state index is 14.0. The zero-order valence-electron chi connectivity index (χ0n) is 11.1. The average Bonchev–Trinajstić information content (AvgIpc) is 2.30. The summed E-state index contributed by atoms with van der Waals surface area (Å²) in [6.07, 6.45) is 2.07. The number of nitrogens with zero attached hydrogens (tertiary/aromatic N) is 1. The van der Waals surface area contributed by atoms with E-state index >= 15 is 0 Å². The summed E-state index contributed by atoms with van der Waals surface area (Å²) < 4.78 is 14.0. The Morgan fingerprint density at radius 1 is 1.18 bits per heavy atom. The SMILES string of the molecule is CCCN(CCC)c1c(F)cccc1CNC. The molecule has 0 saturated heterocycles. The second kappa shape index (κ2) is 7.28. The Morgan fingerprint density at radius 2 is 1.82 bits per heavy atom. The fourth-order valence-corrected chi connectivity index (χ4v) is 2.12. The van der Waals surface area contributed by atoms with E-state index in [1.165, 1.54) is 0 Å². The number of hydrogen-bond donors (Lipinski definition) is 1. The summed E-state index contributed by atoms with van der Waals surface area (Å²) >= 11 is 0. The summed E-state index contributed by atoms with van der Waals surface area (Å²) in [6.45, 7) is 6.77. The van der Waals surface area contributed by atoms with Crippen LogP contribution >= 0.6 is 0 Å². The van der Waals surface area contributed by atoms with Crippen LogP contribution in [0.5, 0.6) is 0 Å². The van der Waals surface area contributed by atoms with Gasteiger partial charge in [0.05, 0.1) is 5.69 Å². The molecule has 1 rings (SSSR count). The number of para-hydroxylation sites is 1. The predicted octanol–water partition coefficient (Wildman–Crippen LogP) is 3.17. The molecule has 3 heteroatoms. The van der Waals surface area contributed by atoms with Crippen LogP contribution in [0.25, 0.3) is 0 Å². The van der Waals surface area contributed by atoms with Gasteiger partial charge in [-0.05, 0) is 31.5 Å². The highest BCUT2D eigenvalue weighted by molar-refractivity contribution is 5.54. The number of halogens is 1. The van der Waals surface area contributed by atoms with E-state index in [0.29, 0.717) is 6.54 Å². The molecule has 0 atom stereocenters. The number of rotatable bonds is 7. The van der Waals surface area contributed by atoms with Crippen molar-refractivity contribution in [1.82, 2.24) is 5.32 Å². The second-order valence-corrected chi connectivity index (χ2v) is 4.26. The standard InChI is InChI=1S/C14H23FN2/c1-4-9-17(10-5-2)14-12(11-16-3)7-6-8-13(14)15/h6-8,16H,4-5,9-11H2,1-3H3. The molecule has 0 heterocycles. The van der Waals surface area contributed by atoms with Crippen LogP contribution in [-0.4, -0.2) is 20.1 Å². The minimum atomic E-state index is -0.111. The van der Waals surface area contributed by atoms with E-state index in [4.69, 9.17) is 0 Å². The first-order valence-electron chi connectivity index (χ1n) is 6.41. The van der Waals surface area contributed by atoms with Gasteiger partial charge in [-0.2, -0.15) is 0 Å². The van der Waals surface area contributed by atoms with Crippen molar-refractivity contribution < 1.29 is 4.39 Å². The molecule has 1 aromatic carbocycles. The molecule has 17 heavy (non-hydrogen) atoms. The zero-order valence-corrected chi connectivity index (χ0v) is 11.1. The molecule has 1 aromatic rings. The van der Waals surface area contributed by atoms with Crippen molar-refractivity contribution in [1.29, 1.82) is 0 Å². The molecule has 0 aliphatic heterocycles. The first kappa shape index (κ1) is 14.0. The second-order valence-electron chi connectivity index (χ2n) is 4.26. The van der Waals surface area contributed by atoms with Gasteiger partial charge in [0, 0.05) is 19.6 Å². The number of nitrogens with one attached hydrogen (secondary N) is 1. The van der Waals surface area contributed by atoms with E-state index < -0.39 is 0 Å². The van der Waals surface area contributed by atoms with Crippen LogP contribution in [0.15, 0.2) is 18.2 Å². The maximum Gasteiger partial charge on any atom is 0.146 e. The Bertz CT molecular complexity index is 333. The number of benzene rings is 1. The highest BCUT2D eigenvalue weighted by Crippen LogP contribution is 2.25. The molecule has 1 N–H and O–H groups in total. The van der Waals surface area contributed by atoms with Gasteiger partial charge in [-0.15, -0.1) is 0 Å². The quantitative estimate of drug-likeness (QED) is 0.785. The lowest BCUT2D eigenvalue weighted by Gasteiger charge is -2.26. The first-order chi connectivity index (χ1) is 8.24. The molecule has 0 aliphatic rings. The Kier molecular flexibility index (Phi) is 5.98. The van der Waals surface area contributed by atoms with Gasteiger partial charge < -0.3 is 10.2 Å². The third-order valence-electron chi connectivity index (χ3n) is 2.74. The molecule has 2 nitrogen and oxygen atoms in total. The normalized spacial score (nSPS) is 10.6. The Balaban J connectivity index is 3.05. The topological polar surface area (TPSA) is 15.3 Å². The monoisotopic (exact) mass is 238 g/mol. The van der Waals surface area contributed by atoms with Crippen molar-refractivity contribution in [2.45, 2.75) is 33.2 Å². The van der Waals surface area contributed by atoms with Crippen molar-refractivity contribution in [3.8, 4) is 0 Å². The van der Waals surface area contributed by atoms with Crippen molar-refractivity contribution in [2.24, 2.45) is 0 Å². The Labute approximate surface area is 104 Å². The van der Waals surface area contributed by atoms with Gasteiger partial charge in [0.2, 0.25) is 0 Å². The van der Waals surface area contributed by atoms with Crippen LogP contribution in [-0.2, 0) is 6.54 Å². The first-order valence-corrected chi connectivity index (χ1v) is 6.41. The molecular formula is C14H23FN2. The third-order valence-corrected chi connectivity index (χ3v) is 2.74. The van der Waals surface area contributed by atoms with Gasteiger partial charge in [0.15, 0.2) is 0 Å². The van der Waals surface area contributed by atoms with Gasteiger partial charge in [0.1, 0.15) is 5.82 Å². The molecule has 0 aromatic heterocycles. The van der Waals surface area contributed by atoms with Gasteiger partial charge in [0.25, 0.3) is 0 Å². The van der Waals surface area contributed by atoms with Crippen LogP contribution in [0.4, 0.5) is 10.1 Å². The molecule has 0 radical (unpaired) electrons. The van der Waals surface area contributed by atoms with E-state index in [1.54, 1.807) is 12.1 Å². The summed E-state index contributed by atoms with van der Waals surface area (Å²) in [6, 6.07) is 5.32. The van der Waals surface area contributed by atoms with Gasteiger partial charge in [-0.3, -0.25) is 0 Å². The van der Waals surface area contributed by atoms with Crippen molar-refractivity contribution in [3.63, 3.8) is 0 Å². The molecule has 0 saturated carbocycles. The molecule has 0 bridgehead atoms. The molecule has 0 fully saturated rings. The molecule has 0 spiro atoms. The summed E-state index contributed by atoms with van der Waals surface area (Å²) in [5, 5.41) is 3.10. The summed E-state index contributed by atoms with van der Waals surface area (Å²) in [5.74, 6) is -0.111. The smallest absolute Gasteiger partial charge is 0.146 e. The lowest BCUT2D eigenvalue weighted by atomic mass is 10.1. The molecular weight excluding hydrogens is 215 g/mol. The van der Waals surface area contributed by atoms with Crippen molar-refractivity contribution >= 4 is 5.69 Å². The van der Waals surface area contributed by atoms with Gasteiger partial charge >= 0.3 is 0 Å². The molecule has 0 amide bonds. The minimum Gasteiger partial charge on any atom is -0.369 e. The highest BCUT2D eigenvalue weighted by Gasteiger charge is 2.14. The zero-order chi connectivity index (χ0) is 12.7. The Hall–Kier alpha value is -1.09. The predicted molar refractivity (Wildman–Crippen MR) is 72.0 cm³/mol. The third kappa shape index (κ3) is 3.70. The van der Waals surface area contributed by atoms with Crippen LogP contribution in [0.3, 0.4) is 0 Å². The van der Waals surface area contributed by atoms with Gasteiger partial charge in [-0.1, -0.05) is 26.0 Å². The van der Waals surface area contributed by atoms with Crippen LogP contribution in [0.2, 0.25) is 0 Å². The summed E-state index contributed by atoms with van der Waals surface area (Å²) in [7, 11) is 1.89. The van der Waals surface area contributed by atoms with E-state index in [-0.39, 0.29) is 5.82 Å². The fourth-order valence-electron chi connectivity index (χ4n) is 2.12. The van der Waals surface area contributed by atoms with Crippen LogP contribution in [0.1, 0.15) is 32.3 Å². The van der Waals surface area contributed by atoms with E-state index in [0.717, 1.165) is 37.2 Å². The maximum atomic E-state index is 14.0. The number of hydrogen-bond acceptors (Lipinski definition) is 2. The van der Waals surface area contributed by atoms with E-state index in [2.05, 4.69) is 24.1 Å². The fraction of sp³-hybridized carbons (Fsp3) is 0.571. The Morgan fingerprint density at radius 3 is 2.35 bits per heavy atom. The van der Waals surface area contributed by atoms with E-state index in [1.807, 2.05) is 13.1 Å². The summed E-state index contributed by atoms with van der Waals surface area (Å²) in [5.41, 5.74) is 1.81. The molecule has 0 aliphatic carbocycles. The lowest BCUT2D eigenvalue weighted by molar-refractivity contribution is 0.608. The van der Waals surface area contributed by atoms with Crippen molar-refractivity contribution in [2.75, 3.05) is 25.0 Å². The van der Waals surface area contributed by atoms with Crippen LogP contribution in [0, 0.1) is 5.82 Å². The summed E-state index contributed by atoms with van der Waals surface area (Å²) in [4.78, 5) is 2.15. The average molecular weight is 238 g/mol. The van der Waals surface area contributed by atoms with Gasteiger partial charge in [-0.25, -0.2) is 4.39 Å². The van der Waals surface area contributed by atoms with Crippen LogP contribution < -0.4 is 10.2 Å². The molecule has 96 valence electrons. The molecule has 0 unspecified atom stereocenters. The lowest BCUT2D eigenvalue weighted by Crippen LogP contribution is -2.27. The minimum absolute atomic E-state index is 0.111.